The lowest BCUT2D eigenvalue weighted by Crippen LogP contribution is -2.17. The van der Waals surface area contributed by atoms with Crippen molar-refractivity contribution in [3.63, 3.8) is 0 Å². The molecular formula is C35H51NO. The van der Waals surface area contributed by atoms with Crippen LogP contribution in [0.25, 0.3) is 11.1 Å². The quantitative estimate of drug-likeness (QED) is 0.202. The van der Waals surface area contributed by atoms with Gasteiger partial charge in [0.1, 0.15) is 5.75 Å². The smallest absolute Gasteiger partial charge is 0.119 e. The van der Waals surface area contributed by atoms with Crippen LogP contribution < -0.4 is 4.74 Å². The van der Waals surface area contributed by atoms with Crippen LogP contribution in [0.3, 0.4) is 0 Å². The Balaban J connectivity index is 1.52. The monoisotopic (exact) mass is 501 g/mol. The van der Waals surface area contributed by atoms with Gasteiger partial charge in [-0.3, -0.25) is 0 Å². The maximum absolute atomic E-state index is 9.86. The molecule has 37 heavy (non-hydrogen) atoms. The van der Waals surface area contributed by atoms with Gasteiger partial charge in [-0.2, -0.15) is 5.26 Å². The molecule has 0 aromatic heterocycles. The highest BCUT2D eigenvalue weighted by Gasteiger charge is 2.24. The van der Waals surface area contributed by atoms with Crippen molar-refractivity contribution in [3.05, 3.63) is 54.1 Å². The van der Waals surface area contributed by atoms with E-state index in [0.717, 1.165) is 31.6 Å². The van der Waals surface area contributed by atoms with Crippen molar-refractivity contribution in [2.24, 2.45) is 11.8 Å². The molecule has 0 heterocycles. The molecule has 1 aliphatic rings. The van der Waals surface area contributed by atoms with E-state index >= 15 is 0 Å². The van der Waals surface area contributed by atoms with Crippen molar-refractivity contribution in [2.45, 2.75) is 122 Å². The molecule has 2 atom stereocenters. The molecule has 0 amide bonds. The van der Waals surface area contributed by atoms with Gasteiger partial charge < -0.3 is 4.74 Å². The van der Waals surface area contributed by atoms with Gasteiger partial charge in [-0.05, 0) is 79.2 Å². The number of nitriles is 1. The molecule has 3 rings (SSSR count). The number of rotatable bonds is 17. The molecule has 1 fully saturated rings. The summed E-state index contributed by atoms with van der Waals surface area (Å²) in [5.41, 5.74) is 3.94. The molecule has 0 aliphatic heterocycles. The molecule has 0 spiro atoms. The van der Waals surface area contributed by atoms with E-state index < -0.39 is 0 Å². The van der Waals surface area contributed by atoms with Gasteiger partial charge in [0.25, 0.3) is 0 Å². The van der Waals surface area contributed by atoms with Gasteiger partial charge in [0.2, 0.25) is 0 Å². The summed E-state index contributed by atoms with van der Waals surface area (Å²) in [6.45, 7) is 5.35. The van der Waals surface area contributed by atoms with Gasteiger partial charge in [-0.25, -0.2) is 0 Å². The van der Waals surface area contributed by atoms with E-state index in [-0.39, 0.29) is 5.92 Å². The van der Waals surface area contributed by atoms with Gasteiger partial charge >= 0.3 is 0 Å². The third-order valence-corrected chi connectivity index (χ3v) is 8.45. The topological polar surface area (TPSA) is 33.0 Å². The van der Waals surface area contributed by atoms with E-state index in [1.54, 1.807) is 0 Å². The Hall–Kier alpha value is -2.27. The van der Waals surface area contributed by atoms with Crippen LogP contribution in [0.4, 0.5) is 0 Å². The van der Waals surface area contributed by atoms with E-state index in [4.69, 9.17) is 4.74 Å². The van der Waals surface area contributed by atoms with Gasteiger partial charge in [-0.1, -0.05) is 114 Å². The van der Waals surface area contributed by atoms with Crippen LogP contribution in [0.1, 0.15) is 128 Å². The summed E-state index contributed by atoms with van der Waals surface area (Å²) in [4.78, 5) is 0. The van der Waals surface area contributed by atoms with Gasteiger partial charge in [-0.15, -0.1) is 0 Å². The maximum atomic E-state index is 9.86. The molecule has 2 nitrogen and oxygen atoms in total. The summed E-state index contributed by atoms with van der Waals surface area (Å²) < 4.78 is 5.97. The maximum Gasteiger partial charge on any atom is 0.119 e. The molecule has 2 aromatic carbocycles. The average Bonchev–Trinajstić information content (AvgIpc) is 2.95. The molecule has 2 aromatic rings. The SMILES string of the molecule is CCCCCCCCOc1ccc(-c2ccc([C@H](CCCC)CCC(C#N)C3CCCCC3)cc2)cc1. The Kier molecular flexibility index (Phi) is 13.7. The first kappa shape index (κ1) is 29.3. The average molecular weight is 502 g/mol. The molecule has 2 heteroatoms. The molecule has 0 saturated heterocycles. The molecule has 1 unspecified atom stereocenters. The normalized spacial score (nSPS) is 15.7. The van der Waals surface area contributed by atoms with Crippen LogP contribution in [0.5, 0.6) is 5.75 Å². The minimum Gasteiger partial charge on any atom is -0.494 e. The minimum absolute atomic E-state index is 0.241. The van der Waals surface area contributed by atoms with Crippen molar-refractivity contribution in [1.82, 2.24) is 0 Å². The van der Waals surface area contributed by atoms with Crippen LogP contribution in [0.15, 0.2) is 48.5 Å². The zero-order valence-corrected chi connectivity index (χ0v) is 23.7. The number of hydrogen-bond acceptors (Lipinski definition) is 2. The second kappa shape index (κ2) is 17.3. The number of unbranched alkanes of at least 4 members (excludes halogenated alkanes) is 6. The predicted molar refractivity (Wildman–Crippen MR) is 158 cm³/mol. The summed E-state index contributed by atoms with van der Waals surface area (Å²) in [6.07, 6.45) is 20.1. The van der Waals surface area contributed by atoms with E-state index in [0.29, 0.717) is 11.8 Å². The minimum atomic E-state index is 0.241. The predicted octanol–water partition coefficient (Wildman–Crippen LogP) is 10.9. The zero-order chi connectivity index (χ0) is 26.1. The Morgan fingerprint density at radius 2 is 1.35 bits per heavy atom. The second-order valence-corrected chi connectivity index (χ2v) is 11.3. The number of hydrogen-bond donors (Lipinski definition) is 0. The van der Waals surface area contributed by atoms with Gasteiger partial charge in [0, 0.05) is 5.92 Å². The van der Waals surface area contributed by atoms with Crippen LogP contribution in [-0.2, 0) is 0 Å². The van der Waals surface area contributed by atoms with Crippen LogP contribution in [0.2, 0.25) is 0 Å². The number of benzene rings is 2. The highest BCUT2D eigenvalue weighted by molar-refractivity contribution is 5.64. The number of nitrogens with zero attached hydrogens (tertiary/aromatic N) is 1. The standard InChI is InChI=1S/C35H51NO/c1-3-5-7-8-9-13-27-37-35-25-23-33(24-26-35)32-19-17-31(18-20-32)30(14-6-4-2)21-22-34(28-36)29-15-11-10-12-16-29/h17-20,23-26,29-30,34H,3-16,21-22,27H2,1-2H3/t30-,34?/m1/s1. The van der Waals surface area contributed by atoms with Crippen molar-refractivity contribution in [1.29, 1.82) is 5.26 Å². The van der Waals surface area contributed by atoms with Gasteiger partial charge in [0.05, 0.1) is 12.7 Å². The highest BCUT2D eigenvalue weighted by Crippen LogP contribution is 2.36. The fourth-order valence-electron chi connectivity index (χ4n) is 6.01. The van der Waals surface area contributed by atoms with Crippen molar-refractivity contribution in [2.75, 3.05) is 6.61 Å². The van der Waals surface area contributed by atoms with Crippen molar-refractivity contribution in [3.8, 4) is 22.9 Å². The van der Waals surface area contributed by atoms with Crippen molar-refractivity contribution < 1.29 is 4.74 Å². The Bertz CT molecular complexity index is 888. The van der Waals surface area contributed by atoms with E-state index in [9.17, 15) is 5.26 Å². The fraction of sp³-hybridized carbons (Fsp3) is 0.629. The zero-order valence-electron chi connectivity index (χ0n) is 23.7. The lowest BCUT2D eigenvalue weighted by molar-refractivity contribution is 0.272. The third kappa shape index (κ3) is 10.2. The summed E-state index contributed by atoms with van der Waals surface area (Å²) in [5, 5.41) is 9.86. The van der Waals surface area contributed by atoms with Crippen LogP contribution in [-0.4, -0.2) is 6.61 Å². The van der Waals surface area contributed by atoms with E-state index in [2.05, 4.69) is 68.4 Å². The second-order valence-electron chi connectivity index (χ2n) is 11.3. The summed E-state index contributed by atoms with van der Waals surface area (Å²) in [7, 11) is 0. The van der Waals surface area contributed by atoms with Gasteiger partial charge in [0.15, 0.2) is 0 Å². The number of ether oxygens (including phenoxy) is 1. The molecular weight excluding hydrogens is 450 g/mol. The lowest BCUT2D eigenvalue weighted by Gasteiger charge is -2.27. The molecule has 202 valence electrons. The largest absolute Gasteiger partial charge is 0.494 e. The molecule has 0 N–H and O–H groups in total. The lowest BCUT2D eigenvalue weighted by atomic mass is 9.77. The molecule has 1 aliphatic carbocycles. The van der Waals surface area contributed by atoms with Crippen molar-refractivity contribution >= 4 is 0 Å². The molecule has 0 bridgehead atoms. The van der Waals surface area contributed by atoms with Crippen LogP contribution in [0, 0.1) is 23.2 Å². The van der Waals surface area contributed by atoms with E-state index in [1.165, 1.54) is 100 Å². The third-order valence-electron chi connectivity index (χ3n) is 8.45. The Labute approximate surface area is 227 Å². The summed E-state index contributed by atoms with van der Waals surface area (Å²) >= 11 is 0. The Morgan fingerprint density at radius 3 is 2.00 bits per heavy atom. The highest BCUT2D eigenvalue weighted by atomic mass is 16.5. The fourth-order valence-corrected chi connectivity index (χ4v) is 6.01. The first-order valence-electron chi connectivity index (χ1n) is 15.5. The van der Waals surface area contributed by atoms with E-state index in [1.807, 2.05) is 0 Å². The summed E-state index contributed by atoms with van der Waals surface area (Å²) in [5.74, 6) is 2.40. The van der Waals surface area contributed by atoms with Crippen LogP contribution >= 0.6 is 0 Å². The first-order valence-corrected chi connectivity index (χ1v) is 15.5. The Morgan fingerprint density at radius 1 is 0.730 bits per heavy atom. The summed E-state index contributed by atoms with van der Waals surface area (Å²) in [6, 6.07) is 20.5. The first-order chi connectivity index (χ1) is 18.2. The molecule has 1 saturated carbocycles. The molecule has 0 radical (unpaired) electrons.